The Morgan fingerprint density at radius 1 is 0.882 bits per heavy atom. The molecule has 100 valence electrons. The van der Waals surface area contributed by atoms with E-state index >= 15 is 0 Å². The van der Waals surface area contributed by atoms with Crippen molar-refractivity contribution >= 4 is 0 Å². The highest BCUT2D eigenvalue weighted by atomic mass is 16.5. The molecule has 0 spiro atoms. The standard InChI is InChI=1S/C15H29NO/c1-14(2,3)16-11-7-8-12(16)10-13(9-11)17-15(4,5)6/h11-13H,7-10H2,1-6H3/t11-,12+,13?. The first-order valence-electron chi connectivity index (χ1n) is 7.13. The average molecular weight is 239 g/mol. The number of ether oxygens (including phenoxy) is 1. The van der Waals surface area contributed by atoms with Crippen LogP contribution in [-0.2, 0) is 4.74 Å². The number of rotatable bonds is 1. The van der Waals surface area contributed by atoms with Gasteiger partial charge >= 0.3 is 0 Å². The number of nitrogens with zero attached hydrogens (tertiary/aromatic N) is 1. The number of piperidine rings is 1. The minimum Gasteiger partial charge on any atom is -0.373 e. The third kappa shape index (κ3) is 3.03. The summed E-state index contributed by atoms with van der Waals surface area (Å²) in [6, 6.07) is 1.50. The molecule has 2 aliphatic heterocycles. The zero-order chi connectivity index (χ0) is 12.8. The summed E-state index contributed by atoms with van der Waals surface area (Å²) in [5, 5.41) is 0. The summed E-state index contributed by atoms with van der Waals surface area (Å²) >= 11 is 0. The van der Waals surface area contributed by atoms with Crippen molar-refractivity contribution in [1.29, 1.82) is 0 Å². The van der Waals surface area contributed by atoms with Crippen LogP contribution in [0.1, 0.15) is 67.2 Å². The maximum Gasteiger partial charge on any atom is 0.0612 e. The largest absolute Gasteiger partial charge is 0.373 e. The van der Waals surface area contributed by atoms with Gasteiger partial charge in [0, 0.05) is 17.6 Å². The van der Waals surface area contributed by atoms with Gasteiger partial charge in [0.2, 0.25) is 0 Å². The normalized spacial score (nSPS) is 35.3. The van der Waals surface area contributed by atoms with Crippen molar-refractivity contribution < 1.29 is 4.74 Å². The molecule has 2 heterocycles. The third-order valence-electron chi connectivity index (χ3n) is 3.98. The maximum absolute atomic E-state index is 6.19. The minimum absolute atomic E-state index is 0.00795. The molecule has 2 saturated heterocycles. The molecule has 0 aromatic heterocycles. The first kappa shape index (κ1) is 13.4. The van der Waals surface area contributed by atoms with Crippen molar-refractivity contribution in [2.45, 2.75) is 96.6 Å². The van der Waals surface area contributed by atoms with Crippen LogP contribution >= 0.6 is 0 Å². The van der Waals surface area contributed by atoms with E-state index in [1.165, 1.54) is 25.7 Å². The lowest BCUT2D eigenvalue weighted by Crippen LogP contribution is -2.54. The molecular formula is C15H29NO. The van der Waals surface area contributed by atoms with Gasteiger partial charge in [-0.3, -0.25) is 4.90 Å². The average Bonchev–Trinajstić information content (AvgIpc) is 2.35. The van der Waals surface area contributed by atoms with Gasteiger partial charge in [0.25, 0.3) is 0 Å². The highest BCUT2D eigenvalue weighted by Crippen LogP contribution is 2.41. The molecule has 0 N–H and O–H groups in total. The van der Waals surface area contributed by atoms with Gasteiger partial charge in [0.1, 0.15) is 0 Å². The minimum atomic E-state index is 0.00795. The molecule has 0 aliphatic carbocycles. The molecule has 0 aromatic rings. The molecule has 2 fully saturated rings. The highest BCUT2D eigenvalue weighted by Gasteiger charge is 2.46. The summed E-state index contributed by atoms with van der Waals surface area (Å²) in [7, 11) is 0. The lowest BCUT2D eigenvalue weighted by molar-refractivity contribution is -0.107. The zero-order valence-corrected chi connectivity index (χ0v) is 12.4. The van der Waals surface area contributed by atoms with Crippen molar-refractivity contribution in [2.24, 2.45) is 0 Å². The highest BCUT2D eigenvalue weighted by molar-refractivity contribution is 5.00. The molecule has 3 atom stereocenters. The maximum atomic E-state index is 6.19. The van der Waals surface area contributed by atoms with Gasteiger partial charge in [0.05, 0.1) is 11.7 Å². The molecule has 2 heteroatoms. The monoisotopic (exact) mass is 239 g/mol. The first-order valence-corrected chi connectivity index (χ1v) is 7.13. The lowest BCUT2D eigenvalue weighted by Gasteiger charge is -2.47. The van der Waals surface area contributed by atoms with Crippen LogP contribution in [0.5, 0.6) is 0 Å². The quantitative estimate of drug-likeness (QED) is 0.693. The second kappa shape index (κ2) is 4.24. The molecule has 1 unspecified atom stereocenters. The summed E-state index contributed by atoms with van der Waals surface area (Å²) in [6.07, 6.45) is 5.67. The summed E-state index contributed by atoms with van der Waals surface area (Å²) in [4.78, 5) is 2.75. The van der Waals surface area contributed by atoms with Crippen LogP contribution in [0.25, 0.3) is 0 Å². The number of hydrogen-bond acceptors (Lipinski definition) is 2. The second-order valence-corrected chi connectivity index (χ2v) is 7.79. The van der Waals surface area contributed by atoms with Crippen molar-refractivity contribution in [3.8, 4) is 0 Å². The Kier molecular flexibility index (Phi) is 3.33. The van der Waals surface area contributed by atoms with Gasteiger partial charge in [-0.1, -0.05) is 0 Å². The summed E-state index contributed by atoms with van der Waals surface area (Å²) in [5.74, 6) is 0. The Morgan fingerprint density at radius 2 is 1.35 bits per heavy atom. The van der Waals surface area contributed by atoms with Crippen molar-refractivity contribution in [2.75, 3.05) is 0 Å². The van der Waals surface area contributed by atoms with E-state index in [9.17, 15) is 0 Å². The van der Waals surface area contributed by atoms with E-state index in [0.29, 0.717) is 11.6 Å². The van der Waals surface area contributed by atoms with Crippen molar-refractivity contribution in [1.82, 2.24) is 4.90 Å². The molecule has 0 amide bonds. The van der Waals surface area contributed by atoms with Crippen LogP contribution in [-0.4, -0.2) is 34.2 Å². The Balaban J connectivity index is 2.02. The number of hydrogen-bond donors (Lipinski definition) is 0. The number of fused-ring (bicyclic) bond motifs is 2. The predicted octanol–water partition coefficient (Wildman–Crippen LogP) is 3.60. The van der Waals surface area contributed by atoms with Crippen molar-refractivity contribution in [3.05, 3.63) is 0 Å². The van der Waals surface area contributed by atoms with E-state index < -0.39 is 0 Å². The second-order valence-electron chi connectivity index (χ2n) is 7.79. The smallest absolute Gasteiger partial charge is 0.0612 e. The van der Waals surface area contributed by atoms with Gasteiger partial charge in [-0.2, -0.15) is 0 Å². The third-order valence-corrected chi connectivity index (χ3v) is 3.98. The van der Waals surface area contributed by atoms with Gasteiger partial charge in [-0.05, 0) is 67.2 Å². The fraction of sp³-hybridized carbons (Fsp3) is 1.00. The Bertz CT molecular complexity index is 260. The summed E-state index contributed by atoms with van der Waals surface area (Å²) in [5.41, 5.74) is 0.326. The van der Waals surface area contributed by atoms with E-state index in [1.54, 1.807) is 0 Å². The fourth-order valence-corrected chi connectivity index (χ4v) is 3.82. The topological polar surface area (TPSA) is 12.5 Å². The van der Waals surface area contributed by atoms with Gasteiger partial charge < -0.3 is 4.74 Å². The Morgan fingerprint density at radius 3 is 1.71 bits per heavy atom. The van der Waals surface area contributed by atoms with E-state index in [1.807, 2.05) is 0 Å². The molecule has 2 rings (SSSR count). The molecule has 17 heavy (non-hydrogen) atoms. The SMILES string of the molecule is CC(C)(C)OC1C[C@H]2CC[C@@H](C1)N2C(C)(C)C. The van der Waals surface area contributed by atoms with E-state index in [2.05, 4.69) is 46.4 Å². The van der Waals surface area contributed by atoms with Crippen LogP contribution in [0.15, 0.2) is 0 Å². The Hall–Kier alpha value is -0.0800. The van der Waals surface area contributed by atoms with Crippen LogP contribution in [0.2, 0.25) is 0 Å². The Labute approximate surface area is 107 Å². The van der Waals surface area contributed by atoms with E-state index in [4.69, 9.17) is 4.74 Å². The summed E-state index contributed by atoms with van der Waals surface area (Å²) in [6.45, 7) is 13.6. The van der Waals surface area contributed by atoms with Gasteiger partial charge in [-0.15, -0.1) is 0 Å². The van der Waals surface area contributed by atoms with E-state index in [0.717, 1.165) is 12.1 Å². The summed E-state index contributed by atoms with van der Waals surface area (Å²) < 4.78 is 6.19. The lowest BCUT2D eigenvalue weighted by atomic mass is 9.92. The molecular weight excluding hydrogens is 210 g/mol. The van der Waals surface area contributed by atoms with Crippen LogP contribution in [0.3, 0.4) is 0 Å². The predicted molar refractivity (Wildman–Crippen MR) is 72.3 cm³/mol. The molecule has 2 aliphatic rings. The first-order chi connectivity index (χ1) is 7.67. The van der Waals surface area contributed by atoms with Gasteiger partial charge in [0.15, 0.2) is 0 Å². The van der Waals surface area contributed by atoms with E-state index in [-0.39, 0.29) is 5.60 Å². The van der Waals surface area contributed by atoms with Crippen LogP contribution in [0.4, 0.5) is 0 Å². The van der Waals surface area contributed by atoms with Crippen LogP contribution < -0.4 is 0 Å². The van der Waals surface area contributed by atoms with Gasteiger partial charge in [-0.25, -0.2) is 0 Å². The molecule has 0 radical (unpaired) electrons. The molecule has 0 saturated carbocycles. The molecule has 0 aromatic carbocycles. The molecule has 2 bridgehead atoms. The zero-order valence-electron chi connectivity index (χ0n) is 12.4. The fourth-order valence-electron chi connectivity index (χ4n) is 3.82. The van der Waals surface area contributed by atoms with Crippen LogP contribution in [0, 0.1) is 0 Å². The van der Waals surface area contributed by atoms with Crippen molar-refractivity contribution in [3.63, 3.8) is 0 Å². The molecule has 2 nitrogen and oxygen atoms in total.